The number of fused-ring (bicyclic) bond motifs is 1. The molecule has 0 aliphatic carbocycles. The Morgan fingerprint density at radius 2 is 2.40 bits per heavy atom. The number of rotatable bonds is 3. The second-order valence-electron chi connectivity index (χ2n) is 4.98. The minimum absolute atomic E-state index is 0.0257. The van der Waals surface area contributed by atoms with Gasteiger partial charge >= 0.3 is 0 Å². The highest BCUT2D eigenvalue weighted by molar-refractivity contribution is 8.00. The first-order valence-corrected chi connectivity index (χ1v) is 7.71. The van der Waals surface area contributed by atoms with Crippen molar-refractivity contribution >= 4 is 23.5 Å². The van der Waals surface area contributed by atoms with Gasteiger partial charge in [-0.1, -0.05) is 0 Å². The molecular formula is C13H17FN4OS. The van der Waals surface area contributed by atoms with Crippen molar-refractivity contribution in [1.82, 2.24) is 15.6 Å². The summed E-state index contributed by atoms with van der Waals surface area (Å²) < 4.78 is 13.7. The van der Waals surface area contributed by atoms with Gasteiger partial charge in [0.2, 0.25) is 5.91 Å². The van der Waals surface area contributed by atoms with Crippen molar-refractivity contribution in [2.45, 2.75) is 30.1 Å². The molecule has 3 N–H and O–H groups in total. The fraction of sp³-hybridized carbons (Fsp3) is 0.538. The van der Waals surface area contributed by atoms with Crippen molar-refractivity contribution in [3.8, 4) is 0 Å². The molecule has 20 heavy (non-hydrogen) atoms. The summed E-state index contributed by atoms with van der Waals surface area (Å²) in [7, 11) is 0. The number of halogens is 1. The van der Waals surface area contributed by atoms with Crippen LogP contribution in [0.1, 0.15) is 12.1 Å². The molecule has 7 heteroatoms. The van der Waals surface area contributed by atoms with Crippen LogP contribution in [0.4, 0.5) is 10.2 Å². The lowest BCUT2D eigenvalue weighted by Crippen LogP contribution is -2.48. The Morgan fingerprint density at radius 3 is 3.25 bits per heavy atom. The van der Waals surface area contributed by atoms with Gasteiger partial charge in [-0.05, 0) is 25.1 Å². The van der Waals surface area contributed by atoms with Crippen molar-refractivity contribution in [1.29, 1.82) is 0 Å². The number of thioether (sulfide) groups is 1. The van der Waals surface area contributed by atoms with Gasteiger partial charge in [-0.2, -0.15) is 0 Å². The van der Waals surface area contributed by atoms with Crippen molar-refractivity contribution < 1.29 is 9.18 Å². The number of piperidine rings is 1. The third-order valence-electron chi connectivity index (χ3n) is 3.49. The normalized spacial score (nSPS) is 25.9. The van der Waals surface area contributed by atoms with E-state index in [2.05, 4.69) is 20.9 Å². The highest BCUT2D eigenvalue weighted by Gasteiger charge is 2.24. The molecular weight excluding hydrogens is 279 g/mol. The van der Waals surface area contributed by atoms with E-state index in [9.17, 15) is 9.18 Å². The van der Waals surface area contributed by atoms with E-state index in [1.807, 2.05) is 12.1 Å². The summed E-state index contributed by atoms with van der Waals surface area (Å²) in [6.07, 6.45) is -0.0877. The molecule has 0 aromatic carbocycles. The summed E-state index contributed by atoms with van der Waals surface area (Å²) >= 11 is 1.49. The summed E-state index contributed by atoms with van der Waals surface area (Å²) in [6.45, 7) is 1.75. The SMILES string of the molecule is O=C1CSc2ccc(CN[C@@H]3CCNC[C@H]3F)nc2N1. The topological polar surface area (TPSA) is 66.0 Å². The van der Waals surface area contributed by atoms with Gasteiger partial charge in [0.25, 0.3) is 0 Å². The third-order valence-corrected chi connectivity index (χ3v) is 4.53. The number of pyridine rings is 1. The average molecular weight is 296 g/mol. The van der Waals surface area contributed by atoms with E-state index in [-0.39, 0.29) is 11.9 Å². The lowest BCUT2D eigenvalue weighted by molar-refractivity contribution is -0.113. The van der Waals surface area contributed by atoms with Gasteiger partial charge < -0.3 is 16.0 Å². The predicted octanol–water partition coefficient (Wildman–Crippen LogP) is 0.915. The first-order chi connectivity index (χ1) is 9.72. The quantitative estimate of drug-likeness (QED) is 0.774. The zero-order chi connectivity index (χ0) is 13.9. The van der Waals surface area contributed by atoms with Crippen LogP contribution in [0.2, 0.25) is 0 Å². The molecule has 1 fully saturated rings. The number of nitrogens with zero attached hydrogens (tertiary/aromatic N) is 1. The van der Waals surface area contributed by atoms with Gasteiger partial charge in [-0.25, -0.2) is 9.37 Å². The lowest BCUT2D eigenvalue weighted by Gasteiger charge is -2.27. The molecule has 0 bridgehead atoms. The molecule has 1 aromatic rings. The van der Waals surface area contributed by atoms with Crippen LogP contribution in [-0.2, 0) is 11.3 Å². The molecule has 1 aromatic heterocycles. The Kier molecular flexibility index (Phi) is 4.18. The first kappa shape index (κ1) is 13.8. The van der Waals surface area contributed by atoms with Gasteiger partial charge in [-0.15, -0.1) is 11.8 Å². The van der Waals surface area contributed by atoms with Gasteiger partial charge in [0.15, 0.2) is 0 Å². The number of amides is 1. The molecule has 108 valence electrons. The number of carbonyl (C=O) groups excluding carboxylic acids is 1. The molecule has 3 rings (SSSR count). The Bertz CT molecular complexity index is 513. The zero-order valence-electron chi connectivity index (χ0n) is 11.0. The van der Waals surface area contributed by atoms with Crippen LogP contribution in [0.15, 0.2) is 17.0 Å². The second kappa shape index (κ2) is 6.07. The van der Waals surface area contributed by atoms with E-state index in [0.29, 0.717) is 24.7 Å². The molecule has 2 atom stereocenters. The Balaban J connectivity index is 1.63. The highest BCUT2D eigenvalue weighted by atomic mass is 32.2. The monoisotopic (exact) mass is 296 g/mol. The van der Waals surface area contributed by atoms with Crippen LogP contribution in [-0.4, -0.2) is 41.9 Å². The average Bonchev–Trinajstić information content (AvgIpc) is 2.46. The largest absolute Gasteiger partial charge is 0.314 e. The summed E-state index contributed by atoms with van der Waals surface area (Å²) in [5.41, 5.74) is 0.817. The summed E-state index contributed by atoms with van der Waals surface area (Å²) in [5, 5.41) is 9.00. The Labute approximate surface area is 121 Å². The smallest absolute Gasteiger partial charge is 0.235 e. The van der Waals surface area contributed by atoms with Crippen LogP contribution in [0.5, 0.6) is 0 Å². The Hall–Kier alpha value is -1.18. The maximum atomic E-state index is 13.7. The van der Waals surface area contributed by atoms with Crippen molar-refractivity contribution in [3.63, 3.8) is 0 Å². The maximum absolute atomic E-state index is 13.7. The van der Waals surface area contributed by atoms with E-state index in [4.69, 9.17) is 0 Å². The van der Waals surface area contributed by atoms with Crippen LogP contribution in [0.25, 0.3) is 0 Å². The van der Waals surface area contributed by atoms with Crippen LogP contribution in [0, 0.1) is 0 Å². The number of alkyl halides is 1. The van der Waals surface area contributed by atoms with Crippen molar-refractivity contribution in [2.24, 2.45) is 0 Å². The predicted molar refractivity (Wildman–Crippen MR) is 76.6 cm³/mol. The molecule has 5 nitrogen and oxygen atoms in total. The standard InChI is InChI=1S/C13H17FN4OS/c14-9-6-15-4-3-10(9)16-5-8-1-2-11-13(17-8)18-12(19)7-20-11/h1-2,9-10,15-16H,3-7H2,(H,17,18,19)/t9-,10-/m1/s1. The van der Waals surface area contributed by atoms with Crippen molar-refractivity contribution in [3.05, 3.63) is 17.8 Å². The van der Waals surface area contributed by atoms with Crippen LogP contribution in [0.3, 0.4) is 0 Å². The van der Waals surface area contributed by atoms with Gasteiger partial charge in [0.05, 0.1) is 16.3 Å². The number of nitrogens with one attached hydrogen (secondary N) is 3. The zero-order valence-corrected chi connectivity index (χ0v) is 11.8. The molecule has 0 unspecified atom stereocenters. The van der Waals surface area contributed by atoms with E-state index < -0.39 is 6.17 Å². The highest BCUT2D eigenvalue weighted by Crippen LogP contribution is 2.29. The van der Waals surface area contributed by atoms with E-state index in [1.54, 1.807) is 0 Å². The molecule has 2 aliphatic rings. The molecule has 0 saturated carbocycles. The van der Waals surface area contributed by atoms with E-state index >= 15 is 0 Å². The number of carbonyl (C=O) groups is 1. The first-order valence-electron chi connectivity index (χ1n) is 6.73. The summed E-state index contributed by atoms with van der Waals surface area (Å²) in [6, 6.07) is 3.75. The molecule has 0 spiro atoms. The van der Waals surface area contributed by atoms with Crippen molar-refractivity contribution in [2.75, 3.05) is 24.2 Å². The van der Waals surface area contributed by atoms with Crippen LogP contribution < -0.4 is 16.0 Å². The molecule has 1 amide bonds. The molecule has 3 heterocycles. The lowest BCUT2D eigenvalue weighted by atomic mass is 10.0. The fourth-order valence-corrected chi connectivity index (χ4v) is 3.15. The molecule has 1 saturated heterocycles. The minimum atomic E-state index is -0.864. The summed E-state index contributed by atoms with van der Waals surface area (Å²) in [4.78, 5) is 16.7. The van der Waals surface area contributed by atoms with Gasteiger partial charge in [0.1, 0.15) is 12.0 Å². The third kappa shape index (κ3) is 3.11. The van der Waals surface area contributed by atoms with Gasteiger partial charge in [0, 0.05) is 19.1 Å². The Morgan fingerprint density at radius 1 is 1.50 bits per heavy atom. The van der Waals surface area contributed by atoms with E-state index in [0.717, 1.165) is 23.6 Å². The number of aromatic nitrogens is 1. The minimum Gasteiger partial charge on any atom is -0.314 e. The van der Waals surface area contributed by atoms with E-state index in [1.165, 1.54) is 11.8 Å². The number of anilines is 1. The van der Waals surface area contributed by atoms with Crippen LogP contribution >= 0.6 is 11.8 Å². The number of hydrogen-bond donors (Lipinski definition) is 3. The fourth-order valence-electron chi connectivity index (χ4n) is 2.39. The summed E-state index contributed by atoms with van der Waals surface area (Å²) in [5.74, 6) is 1.03. The molecule has 2 aliphatic heterocycles. The van der Waals surface area contributed by atoms with Gasteiger partial charge in [-0.3, -0.25) is 4.79 Å². The number of hydrogen-bond acceptors (Lipinski definition) is 5. The molecule has 0 radical (unpaired) electrons. The maximum Gasteiger partial charge on any atom is 0.235 e. The second-order valence-corrected chi connectivity index (χ2v) is 6.00.